The Balaban J connectivity index is 0.000000481. The van der Waals surface area contributed by atoms with Gasteiger partial charge in [-0.2, -0.15) is 0 Å². The predicted octanol–water partition coefficient (Wildman–Crippen LogP) is 1.05. The van der Waals surface area contributed by atoms with Gasteiger partial charge in [-0.25, -0.2) is 0 Å². The number of hydrogen-bond donors (Lipinski definition) is 2. The van der Waals surface area contributed by atoms with Gasteiger partial charge in [0.2, 0.25) is 0 Å². The zero-order chi connectivity index (χ0) is 19.1. The second-order valence-electron chi connectivity index (χ2n) is 6.74. The standard InChI is InChI=1S/C20H22N2O.C2H4O2/c1-2-6-16(7-3-1)20-18(10-11-22-12-14-23-15-13-22)17-8-4-5-9-19(17)21-20;1-2(3)4/h1-9,21H,10-15H2;1H3,(H,3,4). The van der Waals surface area contributed by atoms with Crippen molar-refractivity contribution in [2.75, 3.05) is 32.8 Å². The number of carboxylic acids is 1. The van der Waals surface area contributed by atoms with E-state index in [9.17, 15) is 0 Å². The van der Waals surface area contributed by atoms with Crippen molar-refractivity contribution in [3.63, 3.8) is 0 Å². The van der Waals surface area contributed by atoms with Crippen LogP contribution in [0.4, 0.5) is 0 Å². The van der Waals surface area contributed by atoms with Crippen molar-refractivity contribution in [2.24, 2.45) is 0 Å². The van der Waals surface area contributed by atoms with Gasteiger partial charge in [-0.05, 0) is 24.1 Å². The summed E-state index contributed by atoms with van der Waals surface area (Å²) in [6.07, 6.45) is 1.10. The molecule has 2 N–H and O–H groups in total. The molecule has 1 saturated heterocycles. The number of morpholine rings is 1. The number of hydrogen-bond acceptors (Lipinski definition) is 3. The first-order valence-electron chi connectivity index (χ1n) is 9.39. The Morgan fingerprint density at radius 3 is 2.41 bits per heavy atom. The van der Waals surface area contributed by atoms with Gasteiger partial charge in [-0.15, -0.1) is 0 Å². The van der Waals surface area contributed by atoms with E-state index in [1.807, 2.05) is 0 Å². The number of rotatable bonds is 4. The molecule has 2 aromatic carbocycles. The first kappa shape index (κ1) is 19.1. The van der Waals surface area contributed by atoms with Gasteiger partial charge in [0.1, 0.15) is 13.1 Å². The van der Waals surface area contributed by atoms with Gasteiger partial charge in [0.05, 0.1) is 19.8 Å². The molecule has 0 aliphatic carbocycles. The molecule has 4 rings (SSSR count). The molecular formula is C22H26N2O3. The van der Waals surface area contributed by atoms with Crippen LogP contribution < -0.4 is 10.0 Å². The van der Waals surface area contributed by atoms with Crippen molar-refractivity contribution < 1.29 is 19.5 Å². The lowest BCUT2D eigenvalue weighted by molar-refractivity contribution is -0.907. The maximum Gasteiger partial charge on any atom is 0.101 e. The number of aromatic amines is 1. The van der Waals surface area contributed by atoms with Crippen LogP contribution in [0.15, 0.2) is 54.6 Å². The van der Waals surface area contributed by atoms with Crippen LogP contribution in [-0.4, -0.2) is 43.8 Å². The lowest BCUT2D eigenvalue weighted by Gasteiger charge is -2.23. The van der Waals surface area contributed by atoms with Crippen LogP contribution in [0.1, 0.15) is 12.5 Å². The maximum absolute atomic E-state index is 8.89. The number of carboxylic acid groups (broad SMARTS) is 1. The monoisotopic (exact) mass is 366 g/mol. The number of nitrogens with one attached hydrogen (secondary N) is 2. The van der Waals surface area contributed by atoms with Crippen molar-refractivity contribution >= 4 is 16.9 Å². The third-order valence-electron chi connectivity index (χ3n) is 4.80. The minimum atomic E-state index is -1.08. The zero-order valence-electron chi connectivity index (χ0n) is 15.7. The minimum Gasteiger partial charge on any atom is -0.550 e. The number of fused-ring (bicyclic) bond motifs is 1. The van der Waals surface area contributed by atoms with Crippen molar-refractivity contribution in [3.8, 4) is 11.3 Å². The highest BCUT2D eigenvalue weighted by Crippen LogP contribution is 2.30. The quantitative estimate of drug-likeness (QED) is 0.725. The second-order valence-corrected chi connectivity index (χ2v) is 6.74. The molecular weight excluding hydrogens is 340 g/mol. The summed E-state index contributed by atoms with van der Waals surface area (Å²) in [5, 5.41) is 10.2. The Hall–Kier alpha value is -2.63. The number of quaternary nitrogens is 1. The van der Waals surface area contributed by atoms with Crippen molar-refractivity contribution in [1.82, 2.24) is 4.98 Å². The average molecular weight is 366 g/mol. The van der Waals surface area contributed by atoms with Gasteiger partial charge in [-0.1, -0.05) is 48.5 Å². The van der Waals surface area contributed by atoms with E-state index in [2.05, 4.69) is 59.6 Å². The summed E-state index contributed by atoms with van der Waals surface area (Å²) in [5.41, 5.74) is 5.24. The number of H-pyrrole nitrogens is 1. The van der Waals surface area contributed by atoms with Crippen molar-refractivity contribution in [2.45, 2.75) is 13.3 Å². The van der Waals surface area contributed by atoms with Gasteiger partial charge >= 0.3 is 0 Å². The second kappa shape index (κ2) is 9.35. The SMILES string of the molecule is CC(=O)[O-].c1ccc(-c2[nH]c3ccccc3c2CC[NH+]2CCOCC2)cc1. The number of ether oxygens (including phenoxy) is 1. The normalized spacial score (nSPS) is 14.6. The predicted molar refractivity (Wildman–Crippen MR) is 105 cm³/mol. The van der Waals surface area contributed by atoms with Crippen LogP contribution in [0.25, 0.3) is 22.2 Å². The van der Waals surface area contributed by atoms with Crippen LogP contribution >= 0.6 is 0 Å². The van der Waals surface area contributed by atoms with E-state index < -0.39 is 5.97 Å². The van der Waals surface area contributed by atoms with E-state index >= 15 is 0 Å². The Labute approximate surface area is 159 Å². The smallest absolute Gasteiger partial charge is 0.101 e. The molecule has 0 amide bonds. The molecule has 0 atom stereocenters. The molecule has 1 fully saturated rings. The largest absolute Gasteiger partial charge is 0.550 e. The molecule has 142 valence electrons. The molecule has 5 heteroatoms. The number of para-hydroxylation sites is 1. The number of carbonyl (C=O) groups excluding carboxylic acids is 1. The van der Waals surface area contributed by atoms with Crippen LogP contribution in [0.3, 0.4) is 0 Å². The summed E-state index contributed by atoms with van der Waals surface area (Å²) in [6, 6.07) is 19.3. The van der Waals surface area contributed by atoms with E-state index in [4.69, 9.17) is 14.6 Å². The molecule has 5 nitrogen and oxygen atoms in total. The van der Waals surface area contributed by atoms with E-state index in [1.165, 1.54) is 34.3 Å². The summed E-state index contributed by atoms with van der Waals surface area (Å²) in [4.78, 5) is 14.2. The van der Waals surface area contributed by atoms with E-state index in [0.717, 1.165) is 39.6 Å². The van der Waals surface area contributed by atoms with Gasteiger partial charge in [0.15, 0.2) is 0 Å². The summed E-state index contributed by atoms with van der Waals surface area (Å²) >= 11 is 0. The maximum atomic E-state index is 8.89. The van der Waals surface area contributed by atoms with Crippen molar-refractivity contribution in [3.05, 3.63) is 60.2 Å². The molecule has 1 aromatic heterocycles. The fraction of sp³-hybridized carbons (Fsp3) is 0.318. The highest BCUT2D eigenvalue weighted by Gasteiger charge is 2.17. The van der Waals surface area contributed by atoms with Gasteiger partial charge in [0.25, 0.3) is 0 Å². The number of aliphatic carboxylic acids is 1. The molecule has 2 heterocycles. The van der Waals surface area contributed by atoms with Crippen LogP contribution in [0.5, 0.6) is 0 Å². The Morgan fingerprint density at radius 2 is 1.70 bits per heavy atom. The fourth-order valence-electron chi connectivity index (χ4n) is 3.52. The highest BCUT2D eigenvalue weighted by molar-refractivity contribution is 5.90. The molecule has 0 bridgehead atoms. The highest BCUT2D eigenvalue weighted by atomic mass is 16.5. The summed E-state index contributed by atoms with van der Waals surface area (Å²) in [6.45, 7) is 6.20. The molecule has 0 saturated carbocycles. The first-order chi connectivity index (χ1) is 13.1. The average Bonchev–Trinajstić information content (AvgIpc) is 3.06. The molecule has 3 aromatic rings. The Morgan fingerprint density at radius 1 is 1.07 bits per heavy atom. The fourth-order valence-corrected chi connectivity index (χ4v) is 3.52. The topological polar surface area (TPSA) is 69.6 Å². The Bertz CT molecular complexity index is 864. The zero-order valence-corrected chi connectivity index (χ0v) is 15.7. The third kappa shape index (κ3) is 5.18. The lowest BCUT2D eigenvalue weighted by atomic mass is 10.0. The van der Waals surface area contributed by atoms with E-state index in [-0.39, 0.29) is 0 Å². The number of aromatic nitrogens is 1. The van der Waals surface area contributed by atoms with Crippen LogP contribution in [0, 0.1) is 0 Å². The van der Waals surface area contributed by atoms with Gasteiger partial charge in [0, 0.05) is 29.0 Å². The van der Waals surface area contributed by atoms with E-state index in [1.54, 1.807) is 4.90 Å². The molecule has 0 spiro atoms. The number of benzene rings is 2. The van der Waals surface area contributed by atoms with Crippen LogP contribution in [-0.2, 0) is 16.0 Å². The van der Waals surface area contributed by atoms with E-state index in [0.29, 0.717) is 0 Å². The van der Waals surface area contributed by atoms with Gasteiger partial charge in [-0.3, -0.25) is 0 Å². The molecule has 1 aliphatic heterocycles. The third-order valence-corrected chi connectivity index (χ3v) is 4.80. The van der Waals surface area contributed by atoms with Crippen molar-refractivity contribution in [1.29, 1.82) is 0 Å². The molecule has 0 radical (unpaired) electrons. The minimum absolute atomic E-state index is 0.898. The molecule has 27 heavy (non-hydrogen) atoms. The first-order valence-corrected chi connectivity index (χ1v) is 9.39. The Kier molecular flexibility index (Phi) is 6.63. The summed E-state index contributed by atoms with van der Waals surface area (Å²) < 4.78 is 5.47. The molecule has 0 unspecified atom stereocenters. The molecule has 1 aliphatic rings. The van der Waals surface area contributed by atoms with Gasteiger partial charge < -0.3 is 24.5 Å². The summed E-state index contributed by atoms with van der Waals surface area (Å²) in [7, 11) is 0. The lowest BCUT2D eigenvalue weighted by Crippen LogP contribution is -3.14. The number of carbonyl (C=O) groups is 1. The van der Waals surface area contributed by atoms with Crippen LogP contribution in [0.2, 0.25) is 0 Å². The summed E-state index contributed by atoms with van der Waals surface area (Å²) in [5.74, 6) is -1.08.